The topological polar surface area (TPSA) is 90.4 Å². The second kappa shape index (κ2) is 8.72. The third-order valence-corrected chi connectivity index (χ3v) is 4.21. The first-order chi connectivity index (χ1) is 11.5. The van der Waals surface area contributed by atoms with Crippen LogP contribution in [0.3, 0.4) is 0 Å². The molecule has 0 fully saturated rings. The van der Waals surface area contributed by atoms with Crippen LogP contribution in [0, 0.1) is 12.8 Å². The smallest absolute Gasteiger partial charge is 0.321 e. The molecule has 0 saturated carbocycles. The Morgan fingerprint density at radius 3 is 2.58 bits per heavy atom. The first-order valence-corrected chi connectivity index (χ1v) is 8.50. The lowest BCUT2D eigenvalue weighted by molar-refractivity contribution is 0.0911. The number of aryl methyl sites for hydroxylation is 1. The van der Waals surface area contributed by atoms with E-state index in [-0.39, 0.29) is 11.9 Å². The molecular formula is C16H23N5O2S. The number of aliphatic hydroxyl groups is 1. The summed E-state index contributed by atoms with van der Waals surface area (Å²) in [6.07, 6.45) is -0.655. The number of nitrogens with one attached hydrogen (secondary N) is 2. The second-order valence-corrected chi connectivity index (χ2v) is 7.02. The van der Waals surface area contributed by atoms with Gasteiger partial charge in [0.15, 0.2) is 0 Å². The highest BCUT2D eigenvalue weighted by atomic mass is 32.1. The fourth-order valence-electron chi connectivity index (χ4n) is 2.38. The molecule has 0 aliphatic carbocycles. The van der Waals surface area contributed by atoms with Gasteiger partial charge in [0.25, 0.3) is 0 Å². The van der Waals surface area contributed by atoms with Gasteiger partial charge < -0.3 is 15.3 Å². The van der Waals surface area contributed by atoms with Crippen molar-refractivity contribution in [1.29, 1.82) is 0 Å². The lowest BCUT2D eigenvalue weighted by Crippen LogP contribution is -2.39. The van der Waals surface area contributed by atoms with Crippen molar-refractivity contribution < 1.29 is 9.90 Å². The summed E-state index contributed by atoms with van der Waals surface area (Å²) in [5, 5.41) is 25.0. The molecule has 0 saturated heterocycles. The monoisotopic (exact) mass is 349 g/mol. The molecule has 0 bridgehead atoms. The Morgan fingerprint density at radius 2 is 2.00 bits per heavy atom. The number of anilines is 1. The highest BCUT2D eigenvalue weighted by Gasteiger charge is 2.22. The van der Waals surface area contributed by atoms with Gasteiger partial charge in [-0.05, 0) is 26.6 Å². The quantitative estimate of drug-likeness (QED) is 0.710. The van der Waals surface area contributed by atoms with Crippen molar-refractivity contribution in [2.75, 3.05) is 32.5 Å². The summed E-state index contributed by atoms with van der Waals surface area (Å²) in [6.45, 7) is 2.82. The largest absolute Gasteiger partial charge is 0.388 e. The SMILES string of the molecule is Cc1nnc(NC(=O)NC[C@@H](CN(C)C)[C@H](O)c2ccccc2)s1. The van der Waals surface area contributed by atoms with Gasteiger partial charge in [0, 0.05) is 19.0 Å². The molecule has 3 N–H and O–H groups in total. The van der Waals surface area contributed by atoms with Crippen LogP contribution in [-0.4, -0.2) is 53.4 Å². The molecule has 2 rings (SSSR count). The molecule has 2 atom stereocenters. The molecule has 1 heterocycles. The number of amides is 2. The third kappa shape index (κ3) is 5.55. The normalized spacial score (nSPS) is 13.5. The van der Waals surface area contributed by atoms with E-state index in [2.05, 4.69) is 20.8 Å². The van der Waals surface area contributed by atoms with E-state index in [0.717, 1.165) is 10.6 Å². The van der Waals surface area contributed by atoms with Gasteiger partial charge in [0.2, 0.25) is 5.13 Å². The molecule has 2 amide bonds. The lowest BCUT2D eigenvalue weighted by atomic mass is 9.95. The van der Waals surface area contributed by atoms with E-state index in [1.807, 2.05) is 56.3 Å². The fourth-order valence-corrected chi connectivity index (χ4v) is 2.97. The molecule has 1 aromatic carbocycles. The average Bonchev–Trinajstić information content (AvgIpc) is 2.96. The summed E-state index contributed by atoms with van der Waals surface area (Å²) in [6, 6.07) is 9.11. The van der Waals surface area contributed by atoms with Gasteiger partial charge in [-0.2, -0.15) is 0 Å². The highest BCUT2D eigenvalue weighted by Crippen LogP contribution is 2.22. The third-order valence-electron chi connectivity index (χ3n) is 3.46. The van der Waals surface area contributed by atoms with E-state index in [4.69, 9.17) is 0 Å². The van der Waals surface area contributed by atoms with Gasteiger partial charge in [-0.3, -0.25) is 5.32 Å². The van der Waals surface area contributed by atoms with Crippen LogP contribution in [0.15, 0.2) is 30.3 Å². The summed E-state index contributed by atoms with van der Waals surface area (Å²) in [5.41, 5.74) is 0.839. The van der Waals surface area contributed by atoms with Gasteiger partial charge in [-0.25, -0.2) is 4.79 Å². The van der Waals surface area contributed by atoms with Crippen molar-refractivity contribution in [2.45, 2.75) is 13.0 Å². The summed E-state index contributed by atoms with van der Waals surface area (Å²) in [5.74, 6) is -0.135. The van der Waals surface area contributed by atoms with E-state index in [0.29, 0.717) is 18.2 Å². The Kier molecular flexibility index (Phi) is 6.65. The molecule has 0 radical (unpaired) electrons. The average molecular weight is 349 g/mol. The lowest BCUT2D eigenvalue weighted by Gasteiger charge is -2.26. The minimum Gasteiger partial charge on any atom is -0.388 e. The Bertz CT molecular complexity index is 647. The number of aromatic nitrogens is 2. The Morgan fingerprint density at radius 1 is 1.29 bits per heavy atom. The minimum absolute atomic E-state index is 0.135. The number of benzene rings is 1. The van der Waals surface area contributed by atoms with Crippen molar-refractivity contribution in [3.05, 3.63) is 40.9 Å². The maximum absolute atomic E-state index is 12.0. The number of aliphatic hydroxyl groups excluding tert-OH is 1. The van der Waals surface area contributed by atoms with E-state index < -0.39 is 6.10 Å². The van der Waals surface area contributed by atoms with E-state index in [9.17, 15) is 9.90 Å². The molecule has 7 nitrogen and oxygen atoms in total. The van der Waals surface area contributed by atoms with Gasteiger partial charge in [-0.15, -0.1) is 10.2 Å². The summed E-state index contributed by atoms with van der Waals surface area (Å²) in [4.78, 5) is 14.0. The van der Waals surface area contributed by atoms with Crippen LogP contribution in [-0.2, 0) is 0 Å². The molecule has 24 heavy (non-hydrogen) atoms. The predicted molar refractivity (Wildman–Crippen MR) is 95.1 cm³/mol. The molecule has 1 aromatic heterocycles. The summed E-state index contributed by atoms with van der Waals surface area (Å²) in [7, 11) is 3.88. The Balaban J connectivity index is 1.94. The maximum Gasteiger partial charge on any atom is 0.321 e. The van der Waals surface area contributed by atoms with Crippen LogP contribution in [0.4, 0.5) is 9.93 Å². The highest BCUT2D eigenvalue weighted by molar-refractivity contribution is 7.15. The van der Waals surface area contributed by atoms with Crippen molar-refractivity contribution in [1.82, 2.24) is 20.4 Å². The molecule has 0 spiro atoms. The first kappa shape index (κ1) is 18.3. The molecule has 2 aromatic rings. The van der Waals surface area contributed by atoms with Crippen molar-refractivity contribution in [3.63, 3.8) is 0 Å². The first-order valence-electron chi connectivity index (χ1n) is 7.68. The van der Waals surface area contributed by atoms with Gasteiger partial charge in [0.05, 0.1) is 6.10 Å². The van der Waals surface area contributed by atoms with E-state index in [1.165, 1.54) is 11.3 Å². The molecule has 0 unspecified atom stereocenters. The summed E-state index contributed by atoms with van der Waals surface area (Å²) >= 11 is 1.31. The second-order valence-electron chi connectivity index (χ2n) is 5.84. The van der Waals surface area contributed by atoms with Crippen molar-refractivity contribution in [2.24, 2.45) is 5.92 Å². The standard InChI is InChI=1S/C16H23N5O2S/c1-11-19-20-16(24-11)18-15(23)17-9-13(10-21(2)3)14(22)12-7-5-4-6-8-12/h4-8,13-14,22H,9-10H2,1-3H3,(H2,17,18,20,23)/t13-,14+/m0/s1. The number of nitrogens with zero attached hydrogens (tertiary/aromatic N) is 3. The van der Waals surface area contributed by atoms with Gasteiger partial charge >= 0.3 is 6.03 Å². The zero-order valence-corrected chi connectivity index (χ0v) is 14.9. The van der Waals surface area contributed by atoms with Crippen LogP contribution in [0.25, 0.3) is 0 Å². The molecule has 130 valence electrons. The minimum atomic E-state index is -0.655. The van der Waals surface area contributed by atoms with Crippen LogP contribution in [0.1, 0.15) is 16.7 Å². The van der Waals surface area contributed by atoms with Crippen LogP contribution in [0.2, 0.25) is 0 Å². The van der Waals surface area contributed by atoms with Gasteiger partial charge in [-0.1, -0.05) is 41.7 Å². The zero-order chi connectivity index (χ0) is 17.5. The number of rotatable bonds is 7. The number of hydrogen-bond donors (Lipinski definition) is 3. The van der Waals surface area contributed by atoms with Crippen molar-refractivity contribution >= 4 is 22.5 Å². The number of carbonyl (C=O) groups excluding carboxylic acids is 1. The van der Waals surface area contributed by atoms with Crippen LogP contribution >= 0.6 is 11.3 Å². The number of carbonyl (C=O) groups is 1. The number of hydrogen-bond acceptors (Lipinski definition) is 6. The Labute approximate surface area is 145 Å². The predicted octanol–water partition coefficient (Wildman–Crippen LogP) is 1.88. The molecule has 0 aliphatic rings. The van der Waals surface area contributed by atoms with E-state index in [1.54, 1.807) is 0 Å². The summed E-state index contributed by atoms with van der Waals surface area (Å²) < 4.78 is 0. The van der Waals surface area contributed by atoms with Gasteiger partial charge in [0.1, 0.15) is 5.01 Å². The number of urea groups is 1. The zero-order valence-electron chi connectivity index (χ0n) is 14.1. The fraction of sp³-hybridized carbons (Fsp3) is 0.438. The Hall–Kier alpha value is -2.03. The molecule has 8 heteroatoms. The van der Waals surface area contributed by atoms with Crippen LogP contribution in [0.5, 0.6) is 0 Å². The van der Waals surface area contributed by atoms with Crippen molar-refractivity contribution in [3.8, 4) is 0 Å². The van der Waals surface area contributed by atoms with Crippen LogP contribution < -0.4 is 10.6 Å². The molecular weight excluding hydrogens is 326 g/mol. The molecule has 0 aliphatic heterocycles. The van der Waals surface area contributed by atoms with E-state index >= 15 is 0 Å². The maximum atomic E-state index is 12.0.